The number of ether oxygens (including phenoxy) is 1. The van der Waals surface area contributed by atoms with Crippen LogP contribution in [0.2, 0.25) is 0 Å². The minimum Gasteiger partial charge on any atom is -0.463 e. The lowest BCUT2D eigenvalue weighted by atomic mass is 10.0. The lowest BCUT2D eigenvalue weighted by Crippen LogP contribution is -2.20. The van der Waals surface area contributed by atoms with Gasteiger partial charge in [-0.1, -0.05) is 24.3 Å². The van der Waals surface area contributed by atoms with Gasteiger partial charge in [0.05, 0.1) is 6.54 Å². The van der Waals surface area contributed by atoms with Gasteiger partial charge in [0.25, 0.3) is 0 Å². The molecule has 0 aliphatic carbocycles. The van der Waals surface area contributed by atoms with Gasteiger partial charge in [0, 0.05) is 0 Å². The molecule has 0 radical (unpaired) electrons. The van der Waals surface area contributed by atoms with Crippen LogP contribution >= 0.6 is 11.8 Å². The number of fused-ring (bicyclic) bond motifs is 1. The molecule has 0 N–H and O–H groups in total. The summed E-state index contributed by atoms with van der Waals surface area (Å²) in [4.78, 5) is 16.0. The van der Waals surface area contributed by atoms with E-state index in [9.17, 15) is 4.79 Å². The molecule has 0 fully saturated rings. The van der Waals surface area contributed by atoms with E-state index < -0.39 is 0 Å². The number of carbonyl (C=O) groups is 1. The summed E-state index contributed by atoms with van der Waals surface area (Å²) in [5.41, 5.74) is 2.35. The van der Waals surface area contributed by atoms with Crippen LogP contribution in [0.4, 0.5) is 0 Å². The summed E-state index contributed by atoms with van der Waals surface area (Å²) >= 11 is 1.65. The first-order valence-electron chi connectivity index (χ1n) is 6.53. The molecule has 0 spiro atoms. The number of benzene rings is 1. The molecular weight excluding hydrogens is 274 g/mol. The Bertz CT molecular complexity index is 586. The minimum absolute atomic E-state index is 0.165. The SMILES string of the molecule is O=C(OCCn1cncn1)[C@H]1SCCc2ccccc21. The van der Waals surface area contributed by atoms with E-state index in [1.165, 1.54) is 11.9 Å². The van der Waals surface area contributed by atoms with Gasteiger partial charge in [0.15, 0.2) is 0 Å². The fourth-order valence-corrected chi connectivity index (χ4v) is 3.44. The molecule has 20 heavy (non-hydrogen) atoms. The van der Waals surface area contributed by atoms with Crippen molar-refractivity contribution in [2.24, 2.45) is 0 Å². The van der Waals surface area contributed by atoms with E-state index in [4.69, 9.17) is 4.74 Å². The molecule has 0 unspecified atom stereocenters. The Labute approximate surface area is 121 Å². The van der Waals surface area contributed by atoms with Gasteiger partial charge in [0.1, 0.15) is 24.5 Å². The van der Waals surface area contributed by atoms with Crippen molar-refractivity contribution in [1.29, 1.82) is 0 Å². The van der Waals surface area contributed by atoms with Crippen molar-refractivity contribution < 1.29 is 9.53 Å². The first-order chi connectivity index (χ1) is 9.84. The maximum atomic E-state index is 12.2. The number of esters is 1. The highest BCUT2D eigenvalue weighted by Crippen LogP contribution is 2.37. The average molecular weight is 289 g/mol. The number of aryl methyl sites for hydroxylation is 1. The normalized spacial score (nSPS) is 17.5. The van der Waals surface area contributed by atoms with Gasteiger partial charge in [-0.3, -0.25) is 4.79 Å². The molecule has 1 aromatic heterocycles. The summed E-state index contributed by atoms with van der Waals surface area (Å²) in [6.45, 7) is 0.853. The van der Waals surface area contributed by atoms with Gasteiger partial charge in [-0.25, -0.2) is 9.67 Å². The van der Waals surface area contributed by atoms with E-state index in [1.807, 2.05) is 18.2 Å². The van der Waals surface area contributed by atoms with Gasteiger partial charge in [0.2, 0.25) is 0 Å². The lowest BCUT2D eigenvalue weighted by molar-refractivity contribution is -0.143. The van der Waals surface area contributed by atoms with Crippen LogP contribution in [0.25, 0.3) is 0 Å². The predicted molar refractivity (Wildman–Crippen MR) is 76.3 cm³/mol. The fourth-order valence-electron chi connectivity index (χ4n) is 2.25. The van der Waals surface area contributed by atoms with E-state index in [0.29, 0.717) is 13.2 Å². The van der Waals surface area contributed by atoms with Crippen LogP contribution < -0.4 is 0 Å². The van der Waals surface area contributed by atoms with Crippen molar-refractivity contribution in [3.63, 3.8) is 0 Å². The highest BCUT2D eigenvalue weighted by molar-refractivity contribution is 8.00. The summed E-state index contributed by atoms with van der Waals surface area (Å²) in [5, 5.41) is 3.77. The number of carbonyl (C=O) groups excluding carboxylic acids is 1. The molecule has 0 saturated carbocycles. The Kier molecular flexibility index (Phi) is 4.01. The Morgan fingerprint density at radius 1 is 1.45 bits per heavy atom. The first-order valence-corrected chi connectivity index (χ1v) is 7.58. The summed E-state index contributed by atoms with van der Waals surface area (Å²) in [7, 11) is 0. The van der Waals surface area contributed by atoms with Gasteiger partial charge < -0.3 is 4.74 Å². The van der Waals surface area contributed by atoms with Crippen LogP contribution in [0.5, 0.6) is 0 Å². The maximum Gasteiger partial charge on any atom is 0.323 e. The summed E-state index contributed by atoms with van der Waals surface area (Å²) in [5.74, 6) is 0.794. The molecule has 1 atom stereocenters. The van der Waals surface area contributed by atoms with E-state index in [1.54, 1.807) is 22.8 Å². The molecule has 6 heteroatoms. The number of thioether (sulfide) groups is 1. The fraction of sp³-hybridized carbons (Fsp3) is 0.357. The Morgan fingerprint density at radius 2 is 2.35 bits per heavy atom. The molecule has 1 aliphatic rings. The van der Waals surface area contributed by atoms with E-state index in [2.05, 4.69) is 16.1 Å². The lowest BCUT2D eigenvalue weighted by Gasteiger charge is -2.23. The molecule has 5 nitrogen and oxygen atoms in total. The molecule has 1 aliphatic heterocycles. The van der Waals surface area contributed by atoms with Crippen LogP contribution in [0.15, 0.2) is 36.9 Å². The highest BCUT2D eigenvalue weighted by atomic mass is 32.2. The van der Waals surface area contributed by atoms with Crippen LogP contribution in [0, 0.1) is 0 Å². The van der Waals surface area contributed by atoms with Crippen LogP contribution in [0.3, 0.4) is 0 Å². The molecule has 2 heterocycles. The van der Waals surface area contributed by atoms with E-state index >= 15 is 0 Å². The van der Waals surface area contributed by atoms with Crippen molar-refractivity contribution in [1.82, 2.24) is 14.8 Å². The molecule has 0 bridgehead atoms. The van der Waals surface area contributed by atoms with Crippen molar-refractivity contribution in [2.75, 3.05) is 12.4 Å². The van der Waals surface area contributed by atoms with Crippen LogP contribution in [0.1, 0.15) is 16.4 Å². The molecule has 3 rings (SSSR count). The zero-order valence-corrected chi connectivity index (χ0v) is 11.8. The maximum absolute atomic E-state index is 12.2. The van der Waals surface area contributed by atoms with E-state index in [0.717, 1.165) is 17.7 Å². The standard InChI is InChI=1S/C14H15N3O2S/c18-14(19-7-6-17-10-15-9-16-17)13-12-4-2-1-3-11(12)5-8-20-13/h1-4,9-10,13H,5-8H2/t13-/m0/s1. The second-order valence-corrected chi connectivity index (χ2v) is 5.74. The van der Waals surface area contributed by atoms with Crippen molar-refractivity contribution in [2.45, 2.75) is 18.2 Å². The smallest absolute Gasteiger partial charge is 0.323 e. The van der Waals surface area contributed by atoms with Crippen LogP contribution in [-0.4, -0.2) is 33.1 Å². The second-order valence-electron chi connectivity index (χ2n) is 4.53. The van der Waals surface area contributed by atoms with Gasteiger partial charge >= 0.3 is 5.97 Å². The second kappa shape index (κ2) is 6.09. The van der Waals surface area contributed by atoms with Gasteiger partial charge in [-0.05, 0) is 23.3 Å². The van der Waals surface area contributed by atoms with E-state index in [-0.39, 0.29) is 11.2 Å². The quantitative estimate of drug-likeness (QED) is 0.804. The number of hydrogen-bond acceptors (Lipinski definition) is 5. The first kappa shape index (κ1) is 13.2. The molecule has 0 amide bonds. The predicted octanol–water partition coefficient (Wildman–Crippen LogP) is 1.85. The Balaban J connectivity index is 1.60. The summed E-state index contributed by atoms with van der Waals surface area (Å²) in [6, 6.07) is 8.10. The van der Waals surface area contributed by atoms with Crippen molar-refractivity contribution in [3.05, 3.63) is 48.0 Å². The zero-order valence-electron chi connectivity index (χ0n) is 10.9. The van der Waals surface area contributed by atoms with Crippen molar-refractivity contribution >= 4 is 17.7 Å². The largest absolute Gasteiger partial charge is 0.463 e. The number of nitrogens with zero attached hydrogens (tertiary/aromatic N) is 3. The number of rotatable bonds is 4. The molecule has 1 aromatic carbocycles. The van der Waals surface area contributed by atoms with Gasteiger partial charge in [-0.15, -0.1) is 11.8 Å². The Hall–Kier alpha value is -1.82. The highest BCUT2D eigenvalue weighted by Gasteiger charge is 2.27. The minimum atomic E-state index is -0.198. The molecular formula is C14H15N3O2S. The topological polar surface area (TPSA) is 57.0 Å². The summed E-state index contributed by atoms with van der Waals surface area (Å²) in [6.07, 6.45) is 4.09. The molecule has 2 aromatic rings. The molecule has 104 valence electrons. The van der Waals surface area contributed by atoms with Crippen molar-refractivity contribution in [3.8, 4) is 0 Å². The van der Waals surface area contributed by atoms with Crippen LogP contribution in [-0.2, 0) is 22.5 Å². The monoisotopic (exact) mass is 289 g/mol. The Morgan fingerprint density at radius 3 is 3.20 bits per heavy atom. The van der Waals surface area contributed by atoms with Gasteiger partial charge in [-0.2, -0.15) is 5.10 Å². The third-order valence-corrected chi connectivity index (χ3v) is 4.46. The third-order valence-electron chi connectivity index (χ3n) is 3.24. The third kappa shape index (κ3) is 2.85. The number of hydrogen-bond donors (Lipinski definition) is 0. The number of aromatic nitrogens is 3. The average Bonchev–Trinajstić information content (AvgIpc) is 3.00. The summed E-state index contributed by atoms with van der Waals surface area (Å²) < 4.78 is 7.01. The molecule has 0 saturated heterocycles. The zero-order chi connectivity index (χ0) is 13.8.